The fraction of sp³-hybridized carbons (Fsp3) is 0.263. The topological polar surface area (TPSA) is 6.48 Å². The molecule has 2 aromatic rings. The lowest BCUT2D eigenvalue weighted by Gasteiger charge is -2.33. The molecule has 0 spiro atoms. The molecule has 0 N–H and O–H groups in total. The van der Waals surface area contributed by atoms with Crippen LogP contribution in [-0.4, -0.2) is 30.1 Å². The first-order valence-corrected chi connectivity index (χ1v) is 7.31. The Labute approximate surface area is 128 Å². The van der Waals surface area contributed by atoms with Crippen LogP contribution in [0.1, 0.15) is 11.1 Å². The number of hydrogen-bond acceptors (Lipinski definition) is 2. The summed E-state index contributed by atoms with van der Waals surface area (Å²) in [5.41, 5.74) is 2.64. The van der Waals surface area contributed by atoms with Gasteiger partial charge < -0.3 is 0 Å². The Morgan fingerprint density at radius 2 is 1.19 bits per heavy atom. The van der Waals surface area contributed by atoms with Crippen LogP contribution in [0.5, 0.6) is 0 Å². The maximum Gasteiger partial charge on any atom is 0.0813 e. The molecule has 0 aliphatic rings. The molecule has 0 saturated heterocycles. The lowest BCUT2D eigenvalue weighted by molar-refractivity contribution is 0.109. The lowest BCUT2D eigenvalue weighted by atomic mass is 10.2. The third-order valence-electron chi connectivity index (χ3n) is 3.66. The summed E-state index contributed by atoms with van der Waals surface area (Å²) < 4.78 is 0. The minimum Gasteiger partial charge on any atom is -0.283 e. The molecule has 0 fully saturated rings. The van der Waals surface area contributed by atoms with Crippen LogP contribution in [-0.2, 0) is 13.1 Å². The molecule has 0 radical (unpaired) electrons. The molecule has 0 amide bonds. The lowest BCUT2D eigenvalue weighted by Crippen LogP contribution is -2.42. The summed E-state index contributed by atoms with van der Waals surface area (Å²) in [6, 6.07) is 21.1. The van der Waals surface area contributed by atoms with Gasteiger partial charge in [-0.25, -0.2) is 0 Å². The van der Waals surface area contributed by atoms with Gasteiger partial charge in [0.25, 0.3) is 0 Å². The first-order valence-electron chi connectivity index (χ1n) is 7.31. The van der Waals surface area contributed by atoms with Crippen molar-refractivity contribution >= 4 is 0 Å². The maximum absolute atomic E-state index is 4.00. The Hall–Kier alpha value is -1.90. The summed E-state index contributed by atoms with van der Waals surface area (Å²) in [5, 5.41) is 0. The quantitative estimate of drug-likeness (QED) is 0.563. The van der Waals surface area contributed by atoms with Gasteiger partial charge in [-0.1, -0.05) is 66.7 Å². The molecule has 0 aliphatic carbocycles. The van der Waals surface area contributed by atoms with Gasteiger partial charge in [0.1, 0.15) is 0 Å². The second-order valence-electron chi connectivity index (χ2n) is 5.45. The van der Waals surface area contributed by atoms with Gasteiger partial charge in [-0.3, -0.25) is 9.80 Å². The van der Waals surface area contributed by atoms with Gasteiger partial charge in [0, 0.05) is 13.1 Å². The summed E-state index contributed by atoms with van der Waals surface area (Å²) >= 11 is 0. The Morgan fingerprint density at radius 1 is 0.810 bits per heavy atom. The predicted octanol–water partition coefficient (Wildman–Crippen LogP) is 3.76. The Kier molecular flexibility index (Phi) is 5.73. The van der Waals surface area contributed by atoms with Crippen molar-refractivity contribution in [3.63, 3.8) is 0 Å². The highest BCUT2D eigenvalue weighted by molar-refractivity contribution is 5.16. The molecule has 2 aromatic carbocycles. The number of likely N-dealkylation sites (N-methyl/N-ethyl adjacent to an activating group) is 2. The molecule has 0 unspecified atom stereocenters. The summed E-state index contributed by atoms with van der Waals surface area (Å²) in [5.74, 6) is 0. The molecular weight excluding hydrogens is 256 g/mol. The molecule has 2 rings (SSSR count). The summed E-state index contributed by atoms with van der Waals surface area (Å²) in [6.07, 6.45) is 2.22. The predicted molar refractivity (Wildman–Crippen MR) is 89.8 cm³/mol. The van der Waals surface area contributed by atoms with E-state index in [1.807, 2.05) is 6.08 Å². The molecule has 0 atom stereocenters. The zero-order chi connectivity index (χ0) is 15.1. The largest absolute Gasteiger partial charge is 0.283 e. The summed E-state index contributed by atoms with van der Waals surface area (Å²) in [4.78, 5) is 4.62. The first kappa shape index (κ1) is 15.5. The number of hydrogen-bond donors (Lipinski definition) is 0. The van der Waals surface area contributed by atoms with Gasteiger partial charge in [-0.05, 0) is 25.2 Å². The fourth-order valence-electron chi connectivity index (χ4n) is 2.63. The molecule has 0 aromatic heterocycles. The van der Waals surface area contributed by atoms with Crippen LogP contribution in [0.25, 0.3) is 0 Å². The molecule has 2 nitrogen and oxygen atoms in total. The van der Waals surface area contributed by atoms with E-state index >= 15 is 0 Å². The van der Waals surface area contributed by atoms with Gasteiger partial charge in [0.15, 0.2) is 0 Å². The third-order valence-corrected chi connectivity index (χ3v) is 3.66. The molecule has 0 aliphatic heterocycles. The number of nitrogens with zero attached hydrogens (tertiary/aromatic N) is 2. The SMILES string of the molecule is C=CC(N(C)Cc1ccccc1)N(C)Cc1ccccc1. The number of benzene rings is 2. The van der Waals surface area contributed by atoms with E-state index in [9.17, 15) is 0 Å². The van der Waals surface area contributed by atoms with Gasteiger partial charge in [-0.2, -0.15) is 0 Å². The van der Waals surface area contributed by atoms with Crippen molar-refractivity contribution in [1.82, 2.24) is 9.80 Å². The van der Waals surface area contributed by atoms with Gasteiger partial charge >= 0.3 is 0 Å². The van der Waals surface area contributed by atoms with Crippen LogP contribution in [0.2, 0.25) is 0 Å². The molecular formula is C19H24N2. The van der Waals surface area contributed by atoms with Crippen LogP contribution in [0, 0.1) is 0 Å². The van der Waals surface area contributed by atoms with Crippen LogP contribution < -0.4 is 0 Å². The van der Waals surface area contributed by atoms with Gasteiger partial charge in [0.05, 0.1) is 6.17 Å². The second-order valence-corrected chi connectivity index (χ2v) is 5.45. The average molecular weight is 280 g/mol. The highest BCUT2D eigenvalue weighted by Gasteiger charge is 2.16. The molecule has 110 valence electrons. The fourth-order valence-corrected chi connectivity index (χ4v) is 2.63. The van der Waals surface area contributed by atoms with E-state index in [0.29, 0.717) is 0 Å². The number of rotatable bonds is 7. The highest BCUT2D eigenvalue weighted by Crippen LogP contribution is 2.12. The van der Waals surface area contributed by atoms with E-state index in [1.54, 1.807) is 0 Å². The van der Waals surface area contributed by atoms with Crippen LogP contribution in [0.15, 0.2) is 73.3 Å². The van der Waals surface area contributed by atoms with Crippen molar-refractivity contribution in [2.75, 3.05) is 14.1 Å². The van der Waals surface area contributed by atoms with E-state index in [2.05, 4.69) is 91.1 Å². The van der Waals surface area contributed by atoms with E-state index < -0.39 is 0 Å². The van der Waals surface area contributed by atoms with Crippen molar-refractivity contribution < 1.29 is 0 Å². The van der Waals surface area contributed by atoms with E-state index in [0.717, 1.165) is 13.1 Å². The molecule has 0 saturated carbocycles. The standard InChI is InChI=1S/C19H24N2/c1-4-19(20(2)15-17-11-7-5-8-12-17)21(3)16-18-13-9-6-10-14-18/h4-14,19H,1,15-16H2,2-3H3. The monoisotopic (exact) mass is 280 g/mol. The Balaban J connectivity index is 1.99. The Bertz CT molecular complexity index is 489. The van der Waals surface area contributed by atoms with E-state index in [-0.39, 0.29) is 6.17 Å². The van der Waals surface area contributed by atoms with Crippen molar-refractivity contribution in [3.05, 3.63) is 84.4 Å². The normalized spacial score (nSPS) is 11.3. The van der Waals surface area contributed by atoms with Crippen molar-refractivity contribution in [3.8, 4) is 0 Å². The average Bonchev–Trinajstić information content (AvgIpc) is 2.50. The van der Waals surface area contributed by atoms with Crippen molar-refractivity contribution in [2.45, 2.75) is 19.3 Å². The maximum atomic E-state index is 4.00. The Morgan fingerprint density at radius 3 is 1.52 bits per heavy atom. The smallest absolute Gasteiger partial charge is 0.0813 e. The summed E-state index contributed by atoms with van der Waals surface area (Å²) in [7, 11) is 4.28. The minimum atomic E-state index is 0.213. The van der Waals surface area contributed by atoms with Crippen molar-refractivity contribution in [2.24, 2.45) is 0 Å². The second kappa shape index (κ2) is 7.77. The zero-order valence-electron chi connectivity index (χ0n) is 12.9. The van der Waals surface area contributed by atoms with Crippen LogP contribution in [0.4, 0.5) is 0 Å². The molecule has 0 bridgehead atoms. The van der Waals surface area contributed by atoms with Gasteiger partial charge in [-0.15, -0.1) is 6.58 Å². The van der Waals surface area contributed by atoms with Crippen molar-refractivity contribution in [1.29, 1.82) is 0 Å². The molecule has 21 heavy (non-hydrogen) atoms. The summed E-state index contributed by atoms with van der Waals surface area (Å²) in [6.45, 7) is 5.83. The van der Waals surface area contributed by atoms with Crippen LogP contribution in [0.3, 0.4) is 0 Å². The third kappa shape index (κ3) is 4.55. The van der Waals surface area contributed by atoms with E-state index in [4.69, 9.17) is 0 Å². The van der Waals surface area contributed by atoms with E-state index in [1.165, 1.54) is 11.1 Å². The minimum absolute atomic E-state index is 0.213. The molecule has 0 heterocycles. The van der Waals surface area contributed by atoms with Crippen LogP contribution >= 0.6 is 0 Å². The zero-order valence-corrected chi connectivity index (χ0v) is 12.9. The highest BCUT2D eigenvalue weighted by atomic mass is 15.3. The first-order chi connectivity index (χ1) is 10.2. The van der Waals surface area contributed by atoms with Gasteiger partial charge in [0.2, 0.25) is 0 Å². The molecule has 2 heteroatoms.